The van der Waals surface area contributed by atoms with Crippen LogP contribution in [-0.4, -0.2) is 22.7 Å². The molecule has 20 heavy (non-hydrogen) atoms. The molecule has 0 aliphatic rings. The third-order valence-corrected chi connectivity index (χ3v) is 4.34. The van der Waals surface area contributed by atoms with Crippen LogP contribution in [0.15, 0.2) is 28.6 Å². The molecule has 0 atom stereocenters. The molecule has 4 nitrogen and oxygen atoms in total. The van der Waals surface area contributed by atoms with Crippen molar-refractivity contribution in [1.82, 2.24) is 4.98 Å². The van der Waals surface area contributed by atoms with Gasteiger partial charge >= 0.3 is 57.4 Å². The third-order valence-electron chi connectivity index (χ3n) is 2.31. The molecule has 2 rings (SSSR count). The number of hydrogen-bond donors (Lipinski definition) is 0. The van der Waals surface area contributed by atoms with Gasteiger partial charge in [-0.15, -0.1) is 11.3 Å². The van der Waals surface area contributed by atoms with Crippen molar-refractivity contribution >= 4 is 44.4 Å². The largest absolute Gasteiger partial charge is 1.00 e. The zero-order chi connectivity index (χ0) is 13.7. The standard InChI is InChI=1S/C13H13NO3S2.K.H/c1-2-17-11(15)7-8-12(16)19-13-14-9-5-3-4-6-10(9)18-13;;/h3-6H,2,7-8H2,1H3;;/q;+1;-1. The number of fused-ring (bicyclic) bond motifs is 1. The molecule has 0 amide bonds. The Kier molecular flexibility index (Phi) is 8.50. The van der Waals surface area contributed by atoms with Crippen molar-refractivity contribution in [3.63, 3.8) is 0 Å². The van der Waals surface area contributed by atoms with Gasteiger partial charge in [-0.1, -0.05) is 12.1 Å². The summed E-state index contributed by atoms with van der Waals surface area (Å²) in [5.74, 6) is -0.333. The molecule has 102 valence electrons. The molecule has 2 aromatic rings. The van der Waals surface area contributed by atoms with Gasteiger partial charge in [-0.05, 0) is 30.8 Å². The molecule has 1 heterocycles. The number of nitrogens with zero attached hydrogens (tertiary/aromatic N) is 1. The minimum absolute atomic E-state index is 0. The molecule has 0 fully saturated rings. The number of rotatable bonds is 5. The first-order chi connectivity index (χ1) is 9.19. The van der Waals surface area contributed by atoms with E-state index in [1.54, 1.807) is 6.92 Å². The predicted molar refractivity (Wildman–Crippen MR) is 77.5 cm³/mol. The topological polar surface area (TPSA) is 56.3 Å². The molecule has 0 saturated heterocycles. The van der Waals surface area contributed by atoms with Gasteiger partial charge in [-0.25, -0.2) is 4.98 Å². The molecule has 0 saturated carbocycles. The van der Waals surface area contributed by atoms with Crippen LogP contribution in [0.3, 0.4) is 0 Å². The normalized spacial score (nSPS) is 10.1. The summed E-state index contributed by atoms with van der Waals surface area (Å²) in [7, 11) is 0. The summed E-state index contributed by atoms with van der Waals surface area (Å²) in [6, 6.07) is 7.75. The first kappa shape index (κ1) is 18.3. The number of esters is 1. The SMILES string of the molecule is CCOC(=O)CCC(=O)Sc1nc2ccccc2s1.[H-].[K+]. The van der Waals surface area contributed by atoms with Crippen LogP contribution < -0.4 is 51.4 Å². The van der Waals surface area contributed by atoms with Crippen molar-refractivity contribution in [2.24, 2.45) is 0 Å². The van der Waals surface area contributed by atoms with Crippen LogP contribution in [-0.2, 0) is 14.3 Å². The Labute approximate surface area is 169 Å². The quantitative estimate of drug-likeness (QED) is 0.449. The van der Waals surface area contributed by atoms with Crippen LogP contribution in [0.1, 0.15) is 21.2 Å². The first-order valence-corrected chi connectivity index (χ1v) is 7.54. The molecular formula is C13H14KNO3S2. The zero-order valence-corrected chi connectivity index (χ0v) is 16.2. The van der Waals surface area contributed by atoms with Gasteiger partial charge in [0.15, 0.2) is 9.45 Å². The van der Waals surface area contributed by atoms with Crippen molar-refractivity contribution in [3.05, 3.63) is 24.3 Å². The van der Waals surface area contributed by atoms with Gasteiger partial charge in [0.25, 0.3) is 0 Å². The number of carbonyl (C=O) groups is 2. The number of hydrogen-bond acceptors (Lipinski definition) is 6. The summed E-state index contributed by atoms with van der Waals surface area (Å²) in [6.07, 6.45) is 0.310. The maximum atomic E-state index is 11.7. The van der Waals surface area contributed by atoms with Crippen LogP contribution in [0.4, 0.5) is 0 Å². The molecule has 0 unspecified atom stereocenters. The molecular weight excluding hydrogens is 321 g/mol. The van der Waals surface area contributed by atoms with E-state index in [0.717, 1.165) is 26.3 Å². The smallest absolute Gasteiger partial charge is 1.00 e. The van der Waals surface area contributed by atoms with E-state index < -0.39 is 0 Å². The van der Waals surface area contributed by atoms with E-state index in [4.69, 9.17) is 4.74 Å². The molecule has 0 bridgehead atoms. The van der Waals surface area contributed by atoms with E-state index in [1.807, 2.05) is 24.3 Å². The van der Waals surface area contributed by atoms with Crippen LogP contribution >= 0.6 is 23.1 Å². The number of carbonyl (C=O) groups excluding carboxylic acids is 2. The fourth-order valence-electron chi connectivity index (χ4n) is 1.48. The molecule has 1 aromatic carbocycles. The van der Waals surface area contributed by atoms with Crippen LogP contribution in [0.5, 0.6) is 0 Å². The monoisotopic (exact) mass is 335 g/mol. The fourth-order valence-corrected chi connectivity index (χ4v) is 3.44. The van der Waals surface area contributed by atoms with Gasteiger partial charge in [0.05, 0.1) is 23.2 Å². The van der Waals surface area contributed by atoms with Crippen molar-refractivity contribution in [2.75, 3.05) is 6.61 Å². The van der Waals surface area contributed by atoms with Crippen molar-refractivity contribution in [3.8, 4) is 0 Å². The van der Waals surface area contributed by atoms with E-state index >= 15 is 0 Å². The molecule has 1 aromatic heterocycles. The Hall–Kier alpha value is 0.236. The van der Waals surface area contributed by atoms with Crippen molar-refractivity contribution in [2.45, 2.75) is 24.1 Å². The molecule has 0 radical (unpaired) electrons. The first-order valence-electron chi connectivity index (χ1n) is 5.91. The average Bonchev–Trinajstić information content (AvgIpc) is 2.78. The minimum Gasteiger partial charge on any atom is -1.00 e. The summed E-state index contributed by atoms with van der Waals surface area (Å²) in [5.41, 5.74) is 0.896. The Morgan fingerprint density at radius 3 is 2.80 bits per heavy atom. The number of ether oxygens (including phenoxy) is 1. The van der Waals surface area contributed by atoms with Gasteiger partial charge in [0.1, 0.15) is 0 Å². The van der Waals surface area contributed by atoms with Crippen molar-refractivity contribution in [1.29, 1.82) is 0 Å². The van der Waals surface area contributed by atoms with Gasteiger partial charge in [0, 0.05) is 6.42 Å². The molecule has 0 aliphatic carbocycles. The fraction of sp³-hybridized carbons (Fsp3) is 0.308. The van der Waals surface area contributed by atoms with Gasteiger partial charge in [-0.3, -0.25) is 9.59 Å². The summed E-state index contributed by atoms with van der Waals surface area (Å²) in [5, 5.41) is -0.0629. The second kappa shape index (κ2) is 9.29. The number of aromatic nitrogens is 1. The minimum atomic E-state index is -0.333. The Bertz CT molecular complexity index is 573. The Morgan fingerprint density at radius 2 is 2.10 bits per heavy atom. The summed E-state index contributed by atoms with van der Waals surface area (Å²) >= 11 is 2.58. The second-order valence-corrected chi connectivity index (χ2v) is 6.06. The predicted octanol–water partition coefficient (Wildman–Crippen LogP) is 0.375. The Morgan fingerprint density at radius 1 is 1.35 bits per heavy atom. The van der Waals surface area contributed by atoms with E-state index in [0.29, 0.717) is 6.61 Å². The molecule has 0 spiro atoms. The van der Waals surface area contributed by atoms with Crippen LogP contribution in [0.25, 0.3) is 10.2 Å². The second-order valence-electron chi connectivity index (χ2n) is 3.73. The zero-order valence-electron chi connectivity index (χ0n) is 12.4. The summed E-state index contributed by atoms with van der Waals surface area (Å²) < 4.78 is 6.55. The van der Waals surface area contributed by atoms with Crippen molar-refractivity contribution < 1.29 is 67.1 Å². The number of para-hydroxylation sites is 1. The number of benzene rings is 1. The maximum Gasteiger partial charge on any atom is 1.00 e. The maximum absolute atomic E-state index is 11.7. The third kappa shape index (κ3) is 5.55. The summed E-state index contributed by atoms with van der Waals surface area (Å²) in [6.45, 7) is 2.09. The van der Waals surface area contributed by atoms with E-state index in [2.05, 4.69) is 4.98 Å². The summed E-state index contributed by atoms with van der Waals surface area (Å²) in [4.78, 5) is 27.2. The van der Waals surface area contributed by atoms with E-state index in [1.165, 1.54) is 11.3 Å². The number of thioether (sulfide) groups is 1. The molecule has 0 aliphatic heterocycles. The van der Waals surface area contributed by atoms with E-state index in [-0.39, 0.29) is 76.7 Å². The Balaban J connectivity index is 0.00000200. The average molecular weight is 335 g/mol. The molecule has 7 heteroatoms. The van der Waals surface area contributed by atoms with Gasteiger partial charge in [-0.2, -0.15) is 0 Å². The number of thiazole rings is 1. The van der Waals surface area contributed by atoms with Crippen LogP contribution in [0, 0.1) is 0 Å². The van der Waals surface area contributed by atoms with Crippen LogP contribution in [0.2, 0.25) is 0 Å². The molecule has 0 N–H and O–H groups in total. The van der Waals surface area contributed by atoms with Gasteiger partial charge < -0.3 is 6.16 Å². The van der Waals surface area contributed by atoms with E-state index in [9.17, 15) is 9.59 Å². The van der Waals surface area contributed by atoms with Gasteiger partial charge in [0.2, 0.25) is 0 Å².